The summed E-state index contributed by atoms with van der Waals surface area (Å²) in [7, 11) is 0. The van der Waals surface area contributed by atoms with Crippen LogP contribution in [0.3, 0.4) is 0 Å². The van der Waals surface area contributed by atoms with Crippen LogP contribution in [-0.4, -0.2) is 25.1 Å². The number of hydrogen-bond donors (Lipinski definition) is 0. The summed E-state index contributed by atoms with van der Waals surface area (Å²) in [6.07, 6.45) is -9.46. The molecule has 30 heavy (non-hydrogen) atoms. The summed E-state index contributed by atoms with van der Waals surface area (Å²) in [6, 6.07) is 12.4. The second-order valence-electron chi connectivity index (χ2n) is 6.73. The number of hydrogen-bond acceptors (Lipinski definition) is 4. The van der Waals surface area contributed by atoms with E-state index < -0.39 is 30.2 Å². The maximum absolute atomic E-state index is 13.1. The van der Waals surface area contributed by atoms with E-state index in [0.717, 1.165) is 6.07 Å². The summed E-state index contributed by atoms with van der Waals surface area (Å²) in [6.45, 7) is -0.266. The normalized spacial score (nSPS) is 19.4. The van der Waals surface area contributed by atoms with Crippen molar-refractivity contribution >= 4 is 5.69 Å². The van der Waals surface area contributed by atoms with Crippen LogP contribution < -0.4 is 14.4 Å². The minimum Gasteiger partial charge on any atom is -0.453 e. The second-order valence-corrected chi connectivity index (χ2v) is 6.73. The van der Waals surface area contributed by atoms with E-state index in [1.54, 1.807) is 0 Å². The number of halogens is 6. The lowest BCUT2D eigenvalue weighted by atomic mass is 10.0. The lowest BCUT2D eigenvalue weighted by molar-refractivity contribution is -0.275. The Hall–Kier alpha value is -3.09. The first-order chi connectivity index (χ1) is 14.1. The van der Waals surface area contributed by atoms with Gasteiger partial charge in [0.05, 0.1) is 18.4 Å². The van der Waals surface area contributed by atoms with Crippen LogP contribution in [0.1, 0.15) is 12.8 Å². The van der Waals surface area contributed by atoms with Gasteiger partial charge >= 0.3 is 12.5 Å². The number of rotatable bonds is 5. The third kappa shape index (κ3) is 5.28. The predicted molar refractivity (Wildman–Crippen MR) is 95.2 cm³/mol. The van der Waals surface area contributed by atoms with Crippen LogP contribution in [0.4, 0.5) is 32.0 Å². The van der Waals surface area contributed by atoms with Crippen LogP contribution in [0, 0.1) is 17.2 Å². The summed E-state index contributed by atoms with van der Waals surface area (Å²) < 4.78 is 86.2. The zero-order chi connectivity index (χ0) is 21.9. The van der Waals surface area contributed by atoms with Crippen molar-refractivity contribution in [2.75, 3.05) is 11.4 Å². The van der Waals surface area contributed by atoms with E-state index in [4.69, 9.17) is 10.00 Å². The fraction of sp³-hybridized carbons (Fsp3) is 0.350. The number of nitriles is 1. The quantitative estimate of drug-likeness (QED) is 0.542. The number of ether oxygens (including phenoxy) is 2. The molecular weight excluding hydrogens is 414 g/mol. The maximum atomic E-state index is 13.1. The number of benzene rings is 2. The SMILES string of the molecule is N#CC[C@@H]1C[C@H](C(F)(F)F)CN1c1ccc(Oc2ccccc2OC(F)(F)F)cc1. The first kappa shape index (κ1) is 21.6. The first-order valence-electron chi connectivity index (χ1n) is 8.90. The third-order valence-electron chi connectivity index (χ3n) is 4.68. The molecule has 0 bridgehead atoms. The molecule has 1 aliphatic rings. The molecule has 3 rings (SSSR count). The summed E-state index contributed by atoms with van der Waals surface area (Å²) >= 11 is 0. The lowest BCUT2D eigenvalue weighted by Gasteiger charge is -2.25. The van der Waals surface area contributed by atoms with Gasteiger partial charge in [0.25, 0.3) is 0 Å². The maximum Gasteiger partial charge on any atom is 0.573 e. The third-order valence-corrected chi connectivity index (χ3v) is 4.68. The molecule has 0 aromatic heterocycles. The van der Waals surface area contributed by atoms with Gasteiger partial charge in [-0.25, -0.2) is 0 Å². The monoisotopic (exact) mass is 430 g/mol. The van der Waals surface area contributed by atoms with E-state index in [1.165, 1.54) is 47.4 Å². The molecule has 2 atom stereocenters. The van der Waals surface area contributed by atoms with Gasteiger partial charge in [0, 0.05) is 18.3 Å². The molecule has 1 heterocycles. The minimum atomic E-state index is -4.89. The molecular formula is C20H16F6N2O2. The van der Waals surface area contributed by atoms with Gasteiger partial charge in [-0.05, 0) is 42.8 Å². The topological polar surface area (TPSA) is 45.5 Å². The first-order valence-corrected chi connectivity index (χ1v) is 8.90. The Bertz CT molecular complexity index is 905. The molecule has 0 radical (unpaired) electrons. The highest BCUT2D eigenvalue weighted by molar-refractivity contribution is 5.52. The van der Waals surface area contributed by atoms with Gasteiger partial charge in [-0.3, -0.25) is 0 Å². The molecule has 2 aromatic carbocycles. The van der Waals surface area contributed by atoms with E-state index in [2.05, 4.69) is 4.74 Å². The molecule has 0 saturated carbocycles. The second kappa shape index (κ2) is 8.34. The van der Waals surface area contributed by atoms with Crippen molar-refractivity contribution in [2.24, 2.45) is 5.92 Å². The molecule has 0 aliphatic carbocycles. The predicted octanol–water partition coefficient (Wildman–Crippen LogP) is 6.05. The average Bonchev–Trinajstić information content (AvgIpc) is 3.08. The van der Waals surface area contributed by atoms with Gasteiger partial charge < -0.3 is 14.4 Å². The van der Waals surface area contributed by atoms with Crippen molar-refractivity contribution in [2.45, 2.75) is 31.4 Å². The molecule has 10 heteroatoms. The smallest absolute Gasteiger partial charge is 0.453 e. The van der Waals surface area contributed by atoms with Gasteiger partial charge in [0.15, 0.2) is 11.5 Å². The summed E-state index contributed by atoms with van der Waals surface area (Å²) in [5.41, 5.74) is 0.467. The van der Waals surface area contributed by atoms with Gasteiger partial charge in [-0.2, -0.15) is 18.4 Å². The van der Waals surface area contributed by atoms with Crippen molar-refractivity contribution in [1.82, 2.24) is 0 Å². The molecule has 2 aromatic rings. The van der Waals surface area contributed by atoms with E-state index in [1.807, 2.05) is 6.07 Å². The van der Waals surface area contributed by atoms with Gasteiger partial charge in [-0.1, -0.05) is 12.1 Å². The highest BCUT2D eigenvalue weighted by atomic mass is 19.4. The summed E-state index contributed by atoms with van der Waals surface area (Å²) in [5.74, 6) is -2.03. The highest BCUT2D eigenvalue weighted by Crippen LogP contribution is 2.40. The van der Waals surface area contributed by atoms with Crippen molar-refractivity contribution in [1.29, 1.82) is 5.26 Å². The van der Waals surface area contributed by atoms with Gasteiger partial charge in [-0.15, -0.1) is 13.2 Å². The van der Waals surface area contributed by atoms with E-state index >= 15 is 0 Å². The number of anilines is 1. The lowest BCUT2D eigenvalue weighted by Crippen LogP contribution is -2.30. The van der Waals surface area contributed by atoms with Crippen molar-refractivity contribution in [3.63, 3.8) is 0 Å². The van der Waals surface area contributed by atoms with Crippen LogP contribution in [-0.2, 0) is 0 Å². The molecule has 0 unspecified atom stereocenters. The minimum absolute atomic E-state index is 0.0486. The molecule has 4 nitrogen and oxygen atoms in total. The fourth-order valence-corrected chi connectivity index (χ4v) is 3.35. The number of alkyl halides is 6. The Morgan fingerprint density at radius 2 is 1.60 bits per heavy atom. The average molecular weight is 430 g/mol. The molecule has 1 saturated heterocycles. The zero-order valence-electron chi connectivity index (χ0n) is 15.4. The fourth-order valence-electron chi connectivity index (χ4n) is 3.35. The van der Waals surface area contributed by atoms with Crippen LogP contribution in [0.5, 0.6) is 17.2 Å². The molecule has 1 aliphatic heterocycles. The van der Waals surface area contributed by atoms with Crippen LogP contribution in [0.15, 0.2) is 48.5 Å². The Morgan fingerprint density at radius 3 is 2.17 bits per heavy atom. The van der Waals surface area contributed by atoms with E-state index in [-0.39, 0.29) is 30.9 Å². The summed E-state index contributed by atoms with van der Waals surface area (Å²) in [5, 5.41) is 8.93. The summed E-state index contributed by atoms with van der Waals surface area (Å²) in [4.78, 5) is 1.52. The van der Waals surface area contributed by atoms with Crippen LogP contribution in [0.25, 0.3) is 0 Å². The zero-order valence-corrected chi connectivity index (χ0v) is 15.4. The van der Waals surface area contributed by atoms with Gasteiger partial charge in [0.1, 0.15) is 5.75 Å². The highest BCUT2D eigenvalue weighted by Gasteiger charge is 2.47. The van der Waals surface area contributed by atoms with Gasteiger partial charge in [0.2, 0.25) is 0 Å². The van der Waals surface area contributed by atoms with Crippen molar-refractivity contribution in [3.8, 4) is 23.3 Å². The van der Waals surface area contributed by atoms with Crippen LogP contribution >= 0.6 is 0 Å². The van der Waals surface area contributed by atoms with Crippen LogP contribution in [0.2, 0.25) is 0 Å². The molecule has 0 amide bonds. The molecule has 160 valence electrons. The van der Waals surface area contributed by atoms with E-state index in [0.29, 0.717) is 5.69 Å². The molecule has 0 N–H and O–H groups in total. The Kier molecular flexibility index (Phi) is 6.01. The molecule has 0 spiro atoms. The van der Waals surface area contributed by atoms with Crippen molar-refractivity contribution < 1.29 is 35.8 Å². The Balaban J connectivity index is 1.76. The number of para-hydroxylation sites is 2. The Labute approximate surface area is 168 Å². The van der Waals surface area contributed by atoms with E-state index in [9.17, 15) is 26.3 Å². The largest absolute Gasteiger partial charge is 0.573 e. The standard InChI is InChI=1S/C20H16F6N2O2/c21-19(22,23)13-11-15(9-10-27)28(12-13)14-5-7-16(8-6-14)29-17-3-1-2-4-18(17)30-20(24,25)26/h1-8,13,15H,9,11-12H2/t13-,15+/m0/s1. The Morgan fingerprint density at radius 1 is 0.967 bits per heavy atom. The van der Waals surface area contributed by atoms with Crippen molar-refractivity contribution in [3.05, 3.63) is 48.5 Å². The number of nitrogens with zero attached hydrogens (tertiary/aromatic N) is 2. The molecule has 1 fully saturated rings.